The van der Waals surface area contributed by atoms with Gasteiger partial charge in [0.05, 0.1) is 5.54 Å². The van der Waals surface area contributed by atoms with Crippen molar-refractivity contribution in [1.29, 1.82) is 0 Å². The summed E-state index contributed by atoms with van der Waals surface area (Å²) in [5.41, 5.74) is 1.77. The van der Waals surface area contributed by atoms with Gasteiger partial charge in [-0.15, -0.1) is 0 Å². The average molecular weight is 107 g/mol. The summed E-state index contributed by atoms with van der Waals surface area (Å²) in [5, 5.41) is 3.24. The molecule has 0 fully saturated rings. The van der Waals surface area contributed by atoms with Gasteiger partial charge in [-0.1, -0.05) is 18.2 Å². The highest BCUT2D eigenvalue weighted by Gasteiger charge is 2.36. The molecule has 0 aromatic rings. The van der Waals surface area contributed by atoms with Gasteiger partial charge in [0, 0.05) is 0 Å². The van der Waals surface area contributed by atoms with E-state index in [4.69, 9.17) is 0 Å². The van der Waals surface area contributed by atoms with E-state index >= 15 is 0 Å². The van der Waals surface area contributed by atoms with Gasteiger partial charge >= 0.3 is 0 Å². The third kappa shape index (κ3) is 0.315. The number of hydrogen-bond acceptors (Lipinski definition) is 1. The molecule has 1 unspecified atom stereocenters. The summed E-state index contributed by atoms with van der Waals surface area (Å²) in [4.78, 5) is 0. The van der Waals surface area contributed by atoms with E-state index in [-0.39, 0.29) is 5.54 Å². The number of allylic oxidation sites excluding steroid dienone is 1. The first-order chi connectivity index (χ1) is 3.85. The Labute approximate surface area is 49.1 Å². The van der Waals surface area contributed by atoms with Crippen molar-refractivity contribution in [3.8, 4) is 0 Å². The predicted octanol–water partition coefficient (Wildman–Crippen LogP) is 0.845. The third-order valence-electron chi connectivity index (χ3n) is 2.00. The molecule has 0 heterocycles. The first-order valence-electron chi connectivity index (χ1n) is 2.95. The van der Waals surface area contributed by atoms with Gasteiger partial charge in [0.1, 0.15) is 0 Å². The fraction of sp³-hybridized carbons (Fsp3) is 0.429. The molecule has 1 nitrogen and oxygen atoms in total. The molecule has 0 aromatic heterocycles. The van der Waals surface area contributed by atoms with Gasteiger partial charge in [0.25, 0.3) is 0 Å². The lowest BCUT2D eigenvalue weighted by molar-refractivity contribution is 0.510. The highest BCUT2D eigenvalue weighted by Crippen LogP contribution is 2.38. The molecular formula is C7H9N. The first kappa shape index (κ1) is 4.33. The van der Waals surface area contributed by atoms with Crippen LogP contribution >= 0.6 is 0 Å². The summed E-state index contributed by atoms with van der Waals surface area (Å²) in [6.07, 6.45) is 7.90. The summed E-state index contributed by atoms with van der Waals surface area (Å²) in [5.74, 6) is 0. The molecule has 1 N–H and O–H groups in total. The Morgan fingerprint density at radius 1 is 1.75 bits per heavy atom. The van der Waals surface area contributed by atoms with E-state index in [1.165, 1.54) is 12.0 Å². The Morgan fingerprint density at radius 2 is 2.50 bits per heavy atom. The Morgan fingerprint density at radius 3 is 2.75 bits per heavy atom. The van der Waals surface area contributed by atoms with Crippen LogP contribution in [0.2, 0.25) is 0 Å². The van der Waals surface area contributed by atoms with Crippen LogP contribution in [0.25, 0.3) is 0 Å². The van der Waals surface area contributed by atoms with E-state index in [0.717, 1.165) is 0 Å². The zero-order chi connectivity index (χ0) is 5.61. The molecule has 0 saturated carbocycles. The Hall–Kier alpha value is -0.560. The number of rotatable bonds is 1. The van der Waals surface area contributed by atoms with Gasteiger partial charge in [0.15, 0.2) is 0 Å². The molecule has 0 aliphatic heterocycles. The van der Waals surface area contributed by atoms with E-state index in [0.29, 0.717) is 0 Å². The normalized spacial score (nSPS) is 39.4. The van der Waals surface area contributed by atoms with Crippen molar-refractivity contribution < 1.29 is 0 Å². The summed E-state index contributed by atoms with van der Waals surface area (Å²) in [6, 6.07) is 0. The van der Waals surface area contributed by atoms with Crippen molar-refractivity contribution in [3.05, 3.63) is 23.8 Å². The largest absolute Gasteiger partial charge is 0.307 e. The minimum Gasteiger partial charge on any atom is -0.307 e. The molecule has 3 rings (SSSR count). The van der Waals surface area contributed by atoms with Crippen LogP contribution in [-0.2, 0) is 0 Å². The molecule has 0 saturated heterocycles. The zero-order valence-electron chi connectivity index (χ0n) is 4.94. The lowest BCUT2D eigenvalue weighted by Crippen LogP contribution is -2.41. The van der Waals surface area contributed by atoms with Crippen molar-refractivity contribution in [2.75, 3.05) is 7.05 Å². The topological polar surface area (TPSA) is 12.0 Å². The first-order valence-corrected chi connectivity index (χ1v) is 2.95. The molecule has 1 heteroatoms. The molecule has 0 radical (unpaired) electrons. The smallest absolute Gasteiger partial charge is 0.0597 e. The van der Waals surface area contributed by atoms with Crippen molar-refractivity contribution >= 4 is 0 Å². The fourth-order valence-corrected chi connectivity index (χ4v) is 1.35. The molecule has 1 atom stereocenters. The molecule has 42 valence electrons. The highest BCUT2D eigenvalue weighted by molar-refractivity contribution is 5.49. The second-order valence-electron chi connectivity index (χ2n) is 2.52. The van der Waals surface area contributed by atoms with E-state index in [1.54, 1.807) is 0 Å². The van der Waals surface area contributed by atoms with Crippen LogP contribution in [0, 0.1) is 0 Å². The minimum atomic E-state index is 0.287. The maximum Gasteiger partial charge on any atom is 0.0597 e. The summed E-state index contributed by atoms with van der Waals surface area (Å²) in [7, 11) is 2.00. The molecule has 0 amide bonds. The number of hydrogen-bond donors (Lipinski definition) is 1. The minimum absolute atomic E-state index is 0.287. The fourth-order valence-electron chi connectivity index (χ4n) is 1.35. The van der Waals surface area contributed by atoms with E-state index in [9.17, 15) is 0 Å². The van der Waals surface area contributed by atoms with Gasteiger partial charge < -0.3 is 5.32 Å². The van der Waals surface area contributed by atoms with Gasteiger partial charge in [-0.2, -0.15) is 0 Å². The second-order valence-corrected chi connectivity index (χ2v) is 2.52. The van der Waals surface area contributed by atoms with Gasteiger partial charge in [-0.25, -0.2) is 0 Å². The molecule has 0 spiro atoms. The van der Waals surface area contributed by atoms with Gasteiger partial charge in [0.2, 0.25) is 0 Å². The van der Waals surface area contributed by atoms with Crippen LogP contribution in [0.1, 0.15) is 6.42 Å². The molecule has 2 bridgehead atoms. The quantitative estimate of drug-likeness (QED) is 0.523. The van der Waals surface area contributed by atoms with E-state index in [2.05, 4.69) is 23.5 Å². The molecular weight excluding hydrogens is 98.1 g/mol. The van der Waals surface area contributed by atoms with Crippen LogP contribution in [-0.4, -0.2) is 12.6 Å². The van der Waals surface area contributed by atoms with Crippen LogP contribution in [0.15, 0.2) is 23.8 Å². The SMILES string of the molecule is CNC12C=CC(=C1)C2. The van der Waals surface area contributed by atoms with Crippen LogP contribution in [0.3, 0.4) is 0 Å². The number of likely N-dealkylation sites (N-methyl/N-ethyl adjacent to an activating group) is 1. The van der Waals surface area contributed by atoms with E-state index < -0.39 is 0 Å². The standard InChI is InChI=1S/C7H9N/c1-8-7-3-2-6(4-7)5-7/h2-4,8H,5H2,1H3. The monoisotopic (exact) mass is 107 g/mol. The average Bonchev–Trinajstić information content (AvgIpc) is 2.17. The van der Waals surface area contributed by atoms with Gasteiger partial charge in [-0.3, -0.25) is 0 Å². The molecule has 8 heavy (non-hydrogen) atoms. The lowest BCUT2D eigenvalue weighted by Gasteiger charge is -2.29. The second kappa shape index (κ2) is 1.06. The summed E-state index contributed by atoms with van der Waals surface area (Å²) >= 11 is 0. The summed E-state index contributed by atoms with van der Waals surface area (Å²) < 4.78 is 0. The van der Waals surface area contributed by atoms with Crippen molar-refractivity contribution in [1.82, 2.24) is 5.32 Å². The molecule has 0 aromatic carbocycles. The predicted molar refractivity (Wildman–Crippen MR) is 33.6 cm³/mol. The van der Waals surface area contributed by atoms with Crippen molar-refractivity contribution in [2.45, 2.75) is 12.0 Å². The van der Waals surface area contributed by atoms with Crippen LogP contribution in [0.4, 0.5) is 0 Å². The zero-order valence-corrected chi connectivity index (χ0v) is 4.94. The third-order valence-corrected chi connectivity index (χ3v) is 2.00. The number of nitrogens with one attached hydrogen (secondary N) is 1. The van der Waals surface area contributed by atoms with Crippen molar-refractivity contribution in [3.63, 3.8) is 0 Å². The summed E-state index contributed by atoms with van der Waals surface area (Å²) in [6.45, 7) is 0. The maximum absolute atomic E-state index is 3.24. The lowest BCUT2D eigenvalue weighted by atomic mass is 9.87. The maximum atomic E-state index is 3.24. The Kier molecular flexibility index (Phi) is 0.571. The highest BCUT2D eigenvalue weighted by atomic mass is 14.9. The molecule has 3 aliphatic carbocycles. The van der Waals surface area contributed by atoms with Crippen molar-refractivity contribution in [2.24, 2.45) is 0 Å². The van der Waals surface area contributed by atoms with Gasteiger partial charge in [-0.05, 0) is 19.0 Å². The van der Waals surface area contributed by atoms with E-state index in [1.807, 2.05) is 7.05 Å². The Bertz CT molecular complexity index is 179. The van der Waals surface area contributed by atoms with Crippen LogP contribution < -0.4 is 5.32 Å². The Balaban J connectivity index is 2.34. The molecule has 3 aliphatic rings. The van der Waals surface area contributed by atoms with Crippen LogP contribution in [0.5, 0.6) is 0 Å².